The minimum atomic E-state index is -0.619. The normalized spacial score (nSPS) is 13.6. The molecule has 1 fully saturated rings. The first-order chi connectivity index (χ1) is 18.0. The van der Waals surface area contributed by atoms with Crippen molar-refractivity contribution < 1.29 is 18.7 Å². The molecule has 10 nitrogen and oxygen atoms in total. The molecule has 0 bridgehead atoms. The number of halogens is 1. The van der Waals surface area contributed by atoms with Crippen molar-refractivity contribution in [1.82, 2.24) is 29.6 Å². The molecular formula is C26H28FN7O3. The number of amides is 1. The summed E-state index contributed by atoms with van der Waals surface area (Å²) in [7, 11) is 4.70. The molecule has 4 aromatic rings. The van der Waals surface area contributed by atoms with Gasteiger partial charge >= 0.3 is 0 Å². The molecule has 1 amide bonds. The Bertz CT molecular complexity index is 1440. The van der Waals surface area contributed by atoms with Crippen molar-refractivity contribution in [3.8, 4) is 22.8 Å². The number of aromatic nitrogens is 5. The molecule has 192 valence electrons. The van der Waals surface area contributed by atoms with Gasteiger partial charge in [-0.25, -0.2) is 14.4 Å². The molecule has 4 heterocycles. The summed E-state index contributed by atoms with van der Waals surface area (Å²) >= 11 is 0. The number of likely N-dealkylation sites (tertiary alicyclic amines) is 1. The number of methoxy groups -OCH3 is 2. The maximum absolute atomic E-state index is 15.6. The third-order valence-electron chi connectivity index (χ3n) is 6.41. The van der Waals surface area contributed by atoms with Gasteiger partial charge in [0.05, 0.1) is 38.0 Å². The van der Waals surface area contributed by atoms with E-state index in [9.17, 15) is 4.79 Å². The van der Waals surface area contributed by atoms with Gasteiger partial charge in [0.15, 0.2) is 17.2 Å². The molecule has 0 unspecified atom stereocenters. The maximum Gasteiger partial charge on any atom is 0.242 e. The number of aryl methyl sites for hydroxylation is 1. The smallest absolute Gasteiger partial charge is 0.242 e. The van der Waals surface area contributed by atoms with E-state index < -0.39 is 5.82 Å². The highest BCUT2D eigenvalue weighted by Crippen LogP contribution is 2.36. The summed E-state index contributed by atoms with van der Waals surface area (Å²) < 4.78 is 27.9. The first kappa shape index (κ1) is 24.4. The van der Waals surface area contributed by atoms with Crippen LogP contribution in [0.25, 0.3) is 22.4 Å². The Balaban J connectivity index is 1.60. The number of hydrogen-bond donors (Lipinski definition) is 0. The number of benzene rings is 1. The lowest BCUT2D eigenvalue weighted by Crippen LogP contribution is -2.42. The fourth-order valence-electron chi connectivity index (χ4n) is 4.42. The lowest BCUT2D eigenvalue weighted by atomic mass is 10.1. The van der Waals surface area contributed by atoms with Gasteiger partial charge in [0.1, 0.15) is 23.6 Å². The van der Waals surface area contributed by atoms with Crippen LogP contribution in [0.2, 0.25) is 0 Å². The molecule has 1 aliphatic heterocycles. The summed E-state index contributed by atoms with van der Waals surface area (Å²) in [6.07, 6.45) is 8.19. The molecule has 1 saturated heterocycles. The molecule has 1 aromatic carbocycles. The zero-order valence-corrected chi connectivity index (χ0v) is 21.0. The van der Waals surface area contributed by atoms with Gasteiger partial charge in [-0.05, 0) is 31.4 Å². The first-order valence-electron chi connectivity index (χ1n) is 12.1. The van der Waals surface area contributed by atoms with Gasteiger partial charge in [-0.15, -0.1) is 0 Å². The van der Waals surface area contributed by atoms with Gasteiger partial charge in [-0.3, -0.25) is 14.5 Å². The molecule has 0 spiro atoms. The van der Waals surface area contributed by atoms with E-state index in [1.54, 1.807) is 29.2 Å². The number of rotatable bonds is 7. The predicted octanol–water partition coefficient (Wildman–Crippen LogP) is 3.73. The van der Waals surface area contributed by atoms with E-state index in [-0.39, 0.29) is 23.9 Å². The monoisotopic (exact) mass is 505 g/mol. The highest BCUT2D eigenvalue weighted by Gasteiger charge is 2.26. The highest BCUT2D eigenvalue weighted by molar-refractivity contribution is 5.86. The van der Waals surface area contributed by atoms with E-state index in [2.05, 4.69) is 15.1 Å². The summed E-state index contributed by atoms with van der Waals surface area (Å²) in [6, 6.07) is 6.45. The van der Waals surface area contributed by atoms with Gasteiger partial charge in [0, 0.05) is 44.0 Å². The molecule has 0 N–H and O–H groups in total. The van der Waals surface area contributed by atoms with Crippen LogP contribution in [0.5, 0.6) is 11.5 Å². The Morgan fingerprint density at radius 2 is 1.89 bits per heavy atom. The zero-order chi connectivity index (χ0) is 25.9. The molecule has 37 heavy (non-hydrogen) atoms. The first-order valence-corrected chi connectivity index (χ1v) is 12.1. The standard InChI is InChI=1S/C26H28FN7O3/c1-32-15-17(13-29-32)20-14-28-19-7-8-23(31-26(19)30-20)34(16-24(35)33-9-5-4-6-10-33)21-11-18(36-2)12-22(37-3)25(21)27/h7-8,11-15H,4-6,9-10,16H2,1-3H3. The number of fused-ring (bicyclic) bond motifs is 1. The SMILES string of the molecule is COc1cc(OC)c(F)c(N(CC(=O)N2CCCCC2)c2ccc3ncc(-c4cnn(C)c4)nc3n2)c1. The number of piperidine rings is 1. The second kappa shape index (κ2) is 10.4. The van der Waals surface area contributed by atoms with Crippen LogP contribution in [0.4, 0.5) is 15.9 Å². The Morgan fingerprint density at radius 3 is 2.59 bits per heavy atom. The van der Waals surface area contributed by atoms with Gasteiger partial charge in [-0.1, -0.05) is 0 Å². The maximum atomic E-state index is 15.6. The topological polar surface area (TPSA) is 98.5 Å². The fraction of sp³-hybridized carbons (Fsp3) is 0.346. The van der Waals surface area contributed by atoms with Crippen molar-refractivity contribution in [2.45, 2.75) is 19.3 Å². The van der Waals surface area contributed by atoms with Gasteiger partial charge in [0.25, 0.3) is 0 Å². The number of ether oxygens (including phenoxy) is 2. The molecule has 5 rings (SSSR count). The summed E-state index contributed by atoms with van der Waals surface area (Å²) in [4.78, 5) is 30.5. The summed E-state index contributed by atoms with van der Waals surface area (Å²) in [5.41, 5.74) is 2.46. The Morgan fingerprint density at radius 1 is 1.08 bits per heavy atom. The average Bonchev–Trinajstić information content (AvgIpc) is 3.38. The quantitative estimate of drug-likeness (QED) is 0.375. The van der Waals surface area contributed by atoms with Crippen molar-refractivity contribution in [1.29, 1.82) is 0 Å². The van der Waals surface area contributed by atoms with E-state index >= 15 is 4.39 Å². The summed E-state index contributed by atoms with van der Waals surface area (Å²) in [6.45, 7) is 1.25. The second-order valence-electron chi connectivity index (χ2n) is 8.86. The number of carbonyl (C=O) groups is 1. The van der Waals surface area contributed by atoms with E-state index in [0.29, 0.717) is 41.5 Å². The Labute approximate surface area is 213 Å². The highest BCUT2D eigenvalue weighted by atomic mass is 19.1. The van der Waals surface area contributed by atoms with Crippen LogP contribution in [-0.4, -0.2) is 69.4 Å². The zero-order valence-electron chi connectivity index (χ0n) is 21.0. The molecule has 11 heteroatoms. The van der Waals surface area contributed by atoms with Gasteiger partial charge < -0.3 is 19.3 Å². The molecule has 0 saturated carbocycles. The molecular weight excluding hydrogens is 477 g/mol. The van der Waals surface area contributed by atoms with E-state index in [0.717, 1.165) is 24.8 Å². The van der Waals surface area contributed by atoms with Crippen LogP contribution in [0.3, 0.4) is 0 Å². The minimum absolute atomic E-state index is 0.00390. The van der Waals surface area contributed by atoms with Crippen LogP contribution >= 0.6 is 0 Å². The van der Waals surface area contributed by atoms with Crippen molar-refractivity contribution in [3.05, 3.63) is 48.7 Å². The third-order valence-corrected chi connectivity index (χ3v) is 6.41. The van der Waals surface area contributed by atoms with Crippen LogP contribution in [0.1, 0.15) is 19.3 Å². The average molecular weight is 506 g/mol. The lowest BCUT2D eigenvalue weighted by molar-refractivity contribution is -0.130. The second-order valence-corrected chi connectivity index (χ2v) is 8.86. The van der Waals surface area contributed by atoms with E-state index in [4.69, 9.17) is 14.5 Å². The Kier molecular flexibility index (Phi) is 6.85. The molecule has 0 radical (unpaired) electrons. The molecule has 0 atom stereocenters. The summed E-state index contributed by atoms with van der Waals surface area (Å²) in [5.74, 6) is 0.0156. The van der Waals surface area contributed by atoms with Gasteiger partial charge in [0.2, 0.25) is 5.91 Å². The largest absolute Gasteiger partial charge is 0.497 e. The summed E-state index contributed by atoms with van der Waals surface area (Å²) in [5, 5.41) is 4.19. The van der Waals surface area contributed by atoms with Crippen LogP contribution < -0.4 is 14.4 Å². The number of nitrogens with zero attached hydrogens (tertiary/aromatic N) is 7. The Hall–Kier alpha value is -4.28. The number of pyridine rings is 1. The van der Waals surface area contributed by atoms with Crippen LogP contribution in [-0.2, 0) is 11.8 Å². The lowest BCUT2D eigenvalue weighted by Gasteiger charge is -2.31. The van der Waals surface area contributed by atoms with Crippen molar-refractivity contribution in [2.75, 3.05) is 38.8 Å². The van der Waals surface area contributed by atoms with Gasteiger partial charge in [-0.2, -0.15) is 5.10 Å². The van der Waals surface area contributed by atoms with Crippen LogP contribution in [0.15, 0.2) is 42.9 Å². The number of carbonyl (C=O) groups excluding carboxylic acids is 1. The van der Waals surface area contributed by atoms with E-state index in [1.165, 1.54) is 31.3 Å². The molecule has 1 aliphatic rings. The number of hydrogen-bond acceptors (Lipinski definition) is 8. The van der Waals surface area contributed by atoms with Crippen molar-refractivity contribution >= 4 is 28.6 Å². The van der Waals surface area contributed by atoms with Crippen molar-refractivity contribution in [3.63, 3.8) is 0 Å². The predicted molar refractivity (Wildman–Crippen MR) is 136 cm³/mol. The fourth-order valence-corrected chi connectivity index (χ4v) is 4.42. The van der Waals surface area contributed by atoms with Crippen molar-refractivity contribution in [2.24, 2.45) is 7.05 Å². The third kappa shape index (κ3) is 5.02. The minimum Gasteiger partial charge on any atom is -0.497 e. The molecule has 0 aliphatic carbocycles. The number of anilines is 2. The van der Waals surface area contributed by atoms with Crippen LogP contribution in [0, 0.1) is 5.82 Å². The van der Waals surface area contributed by atoms with E-state index in [1.807, 2.05) is 18.1 Å². The molecule has 3 aromatic heterocycles.